The van der Waals surface area contributed by atoms with Gasteiger partial charge < -0.3 is 10.1 Å². The summed E-state index contributed by atoms with van der Waals surface area (Å²) >= 11 is 6.04. The van der Waals surface area contributed by atoms with Gasteiger partial charge in [-0.1, -0.05) is 29.8 Å². The minimum absolute atomic E-state index is 0.164. The van der Waals surface area contributed by atoms with Crippen molar-refractivity contribution in [1.29, 1.82) is 0 Å². The molecule has 0 aliphatic carbocycles. The van der Waals surface area contributed by atoms with Crippen LogP contribution in [0.2, 0.25) is 5.02 Å². The Labute approximate surface area is 123 Å². The van der Waals surface area contributed by atoms with Crippen LogP contribution in [0.25, 0.3) is 0 Å². The summed E-state index contributed by atoms with van der Waals surface area (Å²) in [5.41, 5.74) is 3.22. The summed E-state index contributed by atoms with van der Waals surface area (Å²) in [6.07, 6.45) is 0. The smallest absolute Gasteiger partial charge is 0.255 e. The molecule has 20 heavy (non-hydrogen) atoms. The predicted molar refractivity (Wildman–Crippen MR) is 81.3 cm³/mol. The molecule has 104 valence electrons. The van der Waals surface area contributed by atoms with Crippen molar-refractivity contribution in [2.75, 3.05) is 12.4 Å². The Morgan fingerprint density at radius 2 is 2.05 bits per heavy atom. The first-order chi connectivity index (χ1) is 9.60. The molecule has 1 amide bonds. The van der Waals surface area contributed by atoms with E-state index in [-0.39, 0.29) is 5.91 Å². The van der Waals surface area contributed by atoms with E-state index in [0.29, 0.717) is 22.9 Å². The van der Waals surface area contributed by atoms with Gasteiger partial charge in [-0.2, -0.15) is 0 Å². The van der Waals surface area contributed by atoms with Gasteiger partial charge in [0, 0.05) is 23.4 Å². The molecule has 0 spiro atoms. The number of nitrogens with one attached hydrogen (secondary N) is 1. The van der Waals surface area contributed by atoms with Crippen molar-refractivity contribution < 1.29 is 9.53 Å². The number of aryl methyl sites for hydroxylation is 1. The quantitative estimate of drug-likeness (QED) is 0.922. The third kappa shape index (κ3) is 3.59. The zero-order valence-electron chi connectivity index (χ0n) is 11.4. The lowest BCUT2D eigenvalue weighted by Crippen LogP contribution is -2.12. The number of anilines is 1. The fraction of sp³-hybridized carbons (Fsp3) is 0.188. The van der Waals surface area contributed by atoms with E-state index in [1.807, 2.05) is 37.3 Å². The third-order valence-corrected chi connectivity index (χ3v) is 3.34. The molecule has 0 fully saturated rings. The highest BCUT2D eigenvalue weighted by atomic mass is 35.5. The second-order valence-corrected chi connectivity index (χ2v) is 4.96. The molecule has 0 atom stereocenters. The number of hydrogen-bond donors (Lipinski definition) is 1. The number of methoxy groups -OCH3 is 1. The Kier molecular flexibility index (Phi) is 4.77. The van der Waals surface area contributed by atoms with E-state index in [4.69, 9.17) is 16.3 Å². The summed E-state index contributed by atoms with van der Waals surface area (Å²) in [6, 6.07) is 12.8. The van der Waals surface area contributed by atoms with Crippen molar-refractivity contribution in [2.45, 2.75) is 13.5 Å². The van der Waals surface area contributed by atoms with Gasteiger partial charge >= 0.3 is 0 Å². The molecule has 2 aromatic rings. The zero-order valence-corrected chi connectivity index (χ0v) is 12.2. The Morgan fingerprint density at radius 3 is 2.75 bits per heavy atom. The molecular weight excluding hydrogens is 274 g/mol. The van der Waals surface area contributed by atoms with Crippen molar-refractivity contribution in [3.8, 4) is 0 Å². The number of ether oxygens (including phenoxy) is 1. The van der Waals surface area contributed by atoms with Crippen LogP contribution in [0.1, 0.15) is 21.5 Å². The van der Waals surface area contributed by atoms with Crippen LogP contribution >= 0.6 is 11.6 Å². The maximum Gasteiger partial charge on any atom is 0.255 e. The number of carbonyl (C=O) groups is 1. The van der Waals surface area contributed by atoms with E-state index < -0.39 is 0 Å². The Bertz CT molecular complexity index is 626. The maximum atomic E-state index is 12.2. The number of halogens is 1. The third-order valence-electron chi connectivity index (χ3n) is 2.93. The van der Waals surface area contributed by atoms with Gasteiger partial charge in [-0.05, 0) is 42.3 Å². The number of carbonyl (C=O) groups excluding carboxylic acids is 1. The van der Waals surface area contributed by atoms with Crippen molar-refractivity contribution in [3.05, 3.63) is 64.2 Å². The Morgan fingerprint density at radius 1 is 1.25 bits per heavy atom. The largest absolute Gasteiger partial charge is 0.380 e. The molecule has 2 rings (SSSR count). The van der Waals surface area contributed by atoms with Crippen LogP contribution in [-0.4, -0.2) is 13.0 Å². The highest BCUT2D eigenvalue weighted by Gasteiger charge is 2.07. The molecule has 4 heteroatoms. The first-order valence-electron chi connectivity index (χ1n) is 6.25. The van der Waals surface area contributed by atoms with Gasteiger partial charge in [0.1, 0.15) is 0 Å². The topological polar surface area (TPSA) is 38.3 Å². The molecule has 0 unspecified atom stereocenters. The number of benzene rings is 2. The molecule has 0 bridgehead atoms. The number of rotatable bonds is 4. The Hall–Kier alpha value is -1.84. The van der Waals surface area contributed by atoms with Crippen molar-refractivity contribution in [3.63, 3.8) is 0 Å². The van der Waals surface area contributed by atoms with Gasteiger partial charge in [0.2, 0.25) is 0 Å². The molecule has 0 saturated carbocycles. The fourth-order valence-electron chi connectivity index (χ4n) is 1.84. The minimum Gasteiger partial charge on any atom is -0.380 e. The highest BCUT2D eigenvalue weighted by Crippen LogP contribution is 2.20. The molecule has 0 aliphatic heterocycles. The molecule has 0 radical (unpaired) electrons. The summed E-state index contributed by atoms with van der Waals surface area (Å²) in [5.74, 6) is -0.164. The van der Waals surface area contributed by atoms with Gasteiger partial charge in [-0.15, -0.1) is 0 Å². The summed E-state index contributed by atoms with van der Waals surface area (Å²) < 4.78 is 5.06. The average molecular weight is 290 g/mol. The lowest BCUT2D eigenvalue weighted by atomic mass is 10.1. The fourth-order valence-corrected chi connectivity index (χ4v) is 2.02. The first kappa shape index (κ1) is 14.6. The predicted octanol–water partition coefficient (Wildman–Crippen LogP) is 4.05. The van der Waals surface area contributed by atoms with Crippen molar-refractivity contribution in [2.24, 2.45) is 0 Å². The summed E-state index contributed by atoms with van der Waals surface area (Å²) in [5, 5.41) is 3.47. The van der Waals surface area contributed by atoms with E-state index in [1.54, 1.807) is 19.2 Å². The van der Waals surface area contributed by atoms with E-state index in [9.17, 15) is 4.79 Å². The second-order valence-electron chi connectivity index (χ2n) is 4.55. The zero-order chi connectivity index (χ0) is 14.5. The second kappa shape index (κ2) is 6.55. The lowest BCUT2D eigenvalue weighted by molar-refractivity contribution is 0.102. The van der Waals surface area contributed by atoms with Gasteiger partial charge in [0.15, 0.2) is 0 Å². The van der Waals surface area contributed by atoms with Crippen LogP contribution in [0, 0.1) is 6.92 Å². The minimum atomic E-state index is -0.164. The van der Waals surface area contributed by atoms with Crippen LogP contribution in [0.15, 0.2) is 42.5 Å². The summed E-state index contributed by atoms with van der Waals surface area (Å²) in [7, 11) is 1.63. The van der Waals surface area contributed by atoms with E-state index in [0.717, 1.165) is 11.1 Å². The maximum absolute atomic E-state index is 12.2. The lowest BCUT2D eigenvalue weighted by Gasteiger charge is -2.08. The Balaban J connectivity index is 2.15. The summed E-state index contributed by atoms with van der Waals surface area (Å²) in [6.45, 7) is 2.40. The first-order valence-corrected chi connectivity index (χ1v) is 6.63. The summed E-state index contributed by atoms with van der Waals surface area (Å²) in [4.78, 5) is 12.2. The molecule has 1 N–H and O–H groups in total. The van der Waals surface area contributed by atoms with Crippen molar-refractivity contribution >= 4 is 23.2 Å². The molecular formula is C16H16ClNO2. The number of hydrogen-bond acceptors (Lipinski definition) is 2. The molecule has 0 saturated heterocycles. The van der Waals surface area contributed by atoms with Crippen molar-refractivity contribution in [1.82, 2.24) is 0 Å². The molecule has 0 heterocycles. The van der Waals surface area contributed by atoms with Gasteiger partial charge in [0.05, 0.1) is 6.61 Å². The molecule has 2 aromatic carbocycles. The normalized spacial score (nSPS) is 10.3. The van der Waals surface area contributed by atoms with Crippen LogP contribution in [0.5, 0.6) is 0 Å². The van der Waals surface area contributed by atoms with Crippen LogP contribution < -0.4 is 5.32 Å². The van der Waals surface area contributed by atoms with E-state index >= 15 is 0 Å². The molecule has 0 aromatic heterocycles. The number of amides is 1. The average Bonchev–Trinajstić information content (AvgIpc) is 2.43. The van der Waals surface area contributed by atoms with Gasteiger partial charge in [-0.25, -0.2) is 0 Å². The monoisotopic (exact) mass is 289 g/mol. The molecule has 3 nitrogen and oxygen atoms in total. The van der Waals surface area contributed by atoms with Gasteiger partial charge in [-0.3, -0.25) is 4.79 Å². The highest BCUT2D eigenvalue weighted by molar-refractivity contribution is 6.31. The standard InChI is InChI=1S/C16H16ClNO2/c1-11-6-7-14(9-15(11)17)18-16(19)13-5-3-4-12(8-13)10-20-2/h3-9H,10H2,1-2H3,(H,18,19). The SMILES string of the molecule is COCc1cccc(C(=O)Nc2ccc(C)c(Cl)c2)c1. The van der Waals surface area contributed by atoms with E-state index in [1.165, 1.54) is 0 Å². The van der Waals surface area contributed by atoms with Crippen LogP contribution in [0.4, 0.5) is 5.69 Å². The van der Waals surface area contributed by atoms with Crippen LogP contribution in [0.3, 0.4) is 0 Å². The van der Waals surface area contributed by atoms with E-state index in [2.05, 4.69) is 5.32 Å². The van der Waals surface area contributed by atoms with Gasteiger partial charge in [0.25, 0.3) is 5.91 Å². The molecule has 0 aliphatic rings. The van der Waals surface area contributed by atoms with Crippen LogP contribution in [-0.2, 0) is 11.3 Å².